The van der Waals surface area contributed by atoms with Crippen LogP contribution in [-0.4, -0.2) is 47.0 Å². The third-order valence-electron chi connectivity index (χ3n) is 4.56. The number of piperidine rings is 1. The fourth-order valence-corrected chi connectivity index (χ4v) is 3.19. The van der Waals surface area contributed by atoms with Gasteiger partial charge in [0.2, 0.25) is 0 Å². The third kappa shape index (κ3) is 3.63. The SMILES string of the molecule is COC1CCN(Cc2ccn(-c3ccc(F)cc3F)n2)C(CN)C1. The van der Waals surface area contributed by atoms with E-state index in [1.165, 1.54) is 16.8 Å². The van der Waals surface area contributed by atoms with Gasteiger partial charge in [-0.2, -0.15) is 5.10 Å². The molecule has 0 bridgehead atoms. The zero-order valence-corrected chi connectivity index (χ0v) is 13.7. The molecule has 1 aliphatic rings. The second kappa shape index (κ2) is 7.38. The highest BCUT2D eigenvalue weighted by molar-refractivity contribution is 5.33. The summed E-state index contributed by atoms with van der Waals surface area (Å²) >= 11 is 0. The molecule has 2 unspecified atom stereocenters. The van der Waals surface area contributed by atoms with E-state index in [9.17, 15) is 8.78 Å². The van der Waals surface area contributed by atoms with Gasteiger partial charge in [0.05, 0.1) is 11.8 Å². The monoisotopic (exact) mass is 336 g/mol. The van der Waals surface area contributed by atoms with E-state index in [4.69, 9.17) is 10.5 Å². The van der Waals surface area contributed by atoms with Crippen LogP contribution in [-0.2, 0) is 11.3 Å². The molecule has 0 amide bonds. The number of methoxy groups -OCH3 is 1. The number of ether oxygens (including phenoxy) is 1. The van der Waals surface area contributed by atoms with Gasteiger partial charge in [-0.25, -0.2) is 13.5 Å². The van der Waals surface area contributed by atoms with Gasteiger partial charge in [0.15, 0.2) is 5.82 Å². The molecular formula is C17H22F2N4O. The minimum Gasteiger partial charge on any atom is -0.381 e. The van der Waals surface area contributed by atoms with Crippen molar-refractivity contribution in [3.63, 3.8) is 0 Å². The molecule has 5 nitrogen and oxygen atoms in total. The quantitative estimate of drug-likeness (QED) is 0.908. The number of hydrogen-bond acceptors (Lipinski definition) is 4. The Morgan fingerprint density at radius 2 is 2.17 bits per heavy atom. The summed E-state index contributed by atoms with van der Waals surface area (Å²) in [6.45, 7) is 2.10. The van der Waals surface area contributed by atoms with E-state index in [0.717, 1.165) is 31.1 Å². The smallest absolute Gasteiger partial charge is 0.151 e. The van der Waals surface area contributed by atoms with Crippen molar-refractivity contribution < 1.29 is 13.5 Å². The van der Waals surface area contributed by atoms with Crippen molar-refractivity contribution in [2.24, 2.45) is 5.73 Å². The van der Waals surface area contributed by atoms with Gasteiger partial charge in [0.1, 0.15) is 11.5 Å². The normalized spacial score (nSPS) is 22.0. The Balaban J connectivity index is 1.72. The van der Waals surface area contributed by atoms with Crippen LogP contribution < -0.4 is 5.73 Å². The molecule has 1 aliphatic heterocycles. The maximum atomic E-state index is 13.9. The van der Waals surface area contributed by atoms with Crippen LogP contribution in [0.5, 0.6) is 0 Å². The van der Waals surface area contributed by atoms with Crippen LogP contribution in [0.3, 0.4) is 0 Å². The van der Waals surface area contributed by atoms with Gasteiger partial charge in [0.25, 0.3) is 0 Å². The molecule has 1 fully saturated rings. The largest absolute Gasteiger partial charge is 0.381 e. The van der Waals surface area contributed by atoms with Crippen molar-refractivity contribution in [1.82, 2.24) is 14.7 Å². The van der Waals surface area contributed by atoms with Crippen LogP contribution in [0.4, 0.5) is 8.78 Å². The molecule has 130 valence electrons. The van der Waals surface area contributed by atoms with Gasteiger partial charge < -0.3 is 10.5 Å². The number of halogens is 2. The molecule has 24 heavy (non-hydrogen) atoms. The number of likely N-dealkylation sites (tertiary alicyclic amines) is 1. The van der Waals surface area contributed by atoms with Gasteiger partial charge in [0, 0.05) is 45.0 Å². The highest BCUT2D eigenvalue weighted by Gasteiger charge is 2.27. The molecule has 3 rings (SSSR count). The van der Waals surface area contributed by atoms with Crippen molar-refractivity contribution in [2.75, 3.05) is 20.2 Å². The number of nitrogens with zero attached hydrogens (tertiary/aromatic N) is 3. The fraction of sp³-hybridized carbons (Fsp3) is 0.471. The van der Waals surface area contributed by atoms with Crippen LogP contribution in [0.2, 0.25) is 0 Å². The molecule has 1 aromatic heterocycles. The summed E-state index contributed by atoms with van der Waals surface area (Å²) in [6, 6.07) is 5.56. The summed E-state index contributed by atoms with van der Waals surface area (Å²) in [6.07, 6.45) is 3.80. The highest BCUT2D eigenvalue weighted by atomic mass is 19.1. The lowest BCUT2D eigenvalue weighted by atomic mass is 9.99. The van der Waals surface area contributed by atoms with E-state index >= 15 is 0 Å². The van der Waals surface area contributed by atoms with E-state index in [0.29, 0.717) is 13.1 Å². The summed E-state index contributed by atoms with van der Waals surface area (Å²) < 4.78 is 33.7. The predicted molar refractivity (Wildman–Crippen MR) is 86.8 cm³/mol. The maximum absolute atomic E-state index is 13.9. The minimum absolute atomic E-state index is 0.233. The fourth-order valence-electron chi connectivity index (χ4n) is 3.19. The number of aromatic nitrogens is 2. The molecule has 2 atom stereocenters. The first-order valence-electron chi connectivity index (χ1n) is 8.07. The molecule has 2 heterocycles. The zero-order valence-electron chi connectivity index (χ0n) is 13.7. The standard InChI is InChI=1S/C17H22F2N4O/c1-24-15-5-6-22(14(9-15)10-20)11-13-4-7-23(21-13)17-3-2-12(18)8-16(17)19/h2-4,7-8,14-15H,5-6,9-11,20H2,1H3. The molecule has 1 saturated heterocycles. The first kappa shape index (κ1) is 17.0. The van der Waals surface area contributed by atoms with Crippen molar-refractivity contribution in [3.8, 4) is 5.69 Å². The summed E-state index contributed by atoms with van der Waals surface area (Å²) in [4.78, 5) is 2.28. The highest BCUT2D eigenvalue weighted by Crippen LogP contribution is 2.21. The predicted octanol–water partition coefficient (Wildman–Crippen LogP) is 2.09. The van der Waals surface area contributed by atoms with Crippen molar-refractivity contribution in [1.29, 1.82) is 0 Å². The molecule has 7 heteroatoms. The van der Waals surface area contributed by atoms with Crippen LogP contribution in [0.25, 0.3) is 5.69 Å². The van der Waals surface area contributed by atoms with Crippen molar-refractivity contribution in [3.05, 3.63) is 47.8 Å². The van der Waals surface area contributed by atoms with Gasteiger partial charge in [-0.15, -0.1) is 0 Å². The Kier molecular flexibility index (Phi) is 5.23. The second-order valence-electron chi connectivity index (χ2n) is 6.09. The van der Waals surface area contributed by atoms with E-state index < -0.39 is 11.6 Å². The number of rotatable bonds is 5. The maximum Gasteiger partial charge on any atom is 0.151 e. The second-order valence-corrected chi connectivity index (χ2v) is 6.09. The molecule has 0 spiro atoms. The lowest BCUT2D eigenvalue weighted by Crippen LogP contribution is -2.48. The number of benzene rings is 1. The molecule has 0 radical (unpaired) electrons. The summed E-state index contributed by atoms with van der Waals surface area (Å²) in [5.74, 6) is -1.24. The lowest BCUT2D eigenvalue weighted by molar-refractivity contribution is 0.00975. The van der Waals surface area contributed by atoms with Crippen LogP contribution in [0.1, 0.15) is 18.5 Å². The average Bonchev–Trinajstić information content (AvgIpc) is 3.03. The van der Waals surface area contributed by atoms with Gasteiger partial charge in [-0.3, -0.25) is 4.90 Å². The first-order chi connectivity index (χ1) is 11.6. The average molecular weight is 336 g/mol. The zero-order chi connectivity index (χ0) is 17.1. The lowest BCUT2D eigenvalue weighted by Gasteiger charge is -2.38. The summed E-state index contributed by atoms with van der Waals surface area (Å²) in [5, 5.41) is 4.41. The Morgan fingerprint density at radius 3 is 2.88 bits per heavy atom. The van der Waals surface area contributed by atoms with E-state index in [1.54, 1.807) is 13.3 Å². The van der Waals surface area contributed by atoms with E-state index in [-0.39, 0.29) is 17.8 Å². The van der Waals surface area contributed by atoms with Crippen LogP contribution >= 0.6 is 0 Å². The Labute approximate surface area is 140 Å². The molecule has 2 N–H and O–H groups in total. The topological polar surface area (TPSA) is 56.3 Å². The van der Waals surface area contributed by atoms with E-state index in [1.807, 2.05) is 6.07 Å². The Bertz CT molecular complexity index is 691. The van der Waals surface area contributed by atoms with Crippen LogP contribution in [0, 0.1) is 11.6 Å². The molecular weight excluding hydrogens is 314 g/mol. The van der Waals surface area contributed by atoms with Crippen molar-refractivity contribution >= 4 is 0 Å². The van der Waals surface area contributed by atoms with E-state index in [2.05, 4.69) is 10.00 Å². The van der Waals surface area contributed by atoms with Gasteiger partial charge in [-0.05, 0) is 31.0 Å². The number of nitrogens with two attached hydrogens (primary N) is 1. The van der Waals surface area contributed by atoms with Gasteiger partial charge >= 0.3 is 0 Å². The Morgan fingerprint density at radius 1 is 1.33 bits per heavy atom. The Hall–Kier alpha value is -1.83. The van der Waals surface area contributed by atoms with Crippen molar-refractivity contribution in [2.45, 2.75) is 31.5 Å². The molecule has 2 aromatic rings. The molecule has 1 aromatic carbocycles. The van der Waals surface area contributed by atoms with Crippen LogP contribution in [0.15, 0.2) is 30.5 Å². The summed E-state index contributed by atoms with van der Waals surface area (Å²) in [5.41, 5.74) is 6.95. The first-order valence-corrected chi connectivity index (χ1v) is 8.07. The molecule has 0 saturated carbocycles. The summed E-state index contributed by atoms with van der Waals surface area (Å²) in [7, 11) is 1.73. The van der Waals surface area contributed by atoms with Gasteiger partial charge in [-0.1, -0.05) is 0 Å². The minimum atomic E-state index is -0.634. The molecule has 0 aliphatic carbocycles. The number of hydrogen-bond donors (Lipinski definition) is 1. The third-order valence-corrected chi connectivity index (χ3v) is 4.56.